The van der Waals surface area contributed by atoms with Gasteiger partial charge >= 0.3 is 0 Å². The molecule has 0 radical (unpaired) electrons. The molecule has 0 aliphatic rings. The highest BCUT2D eigenvalue weighted by atomic mass is 32.1. The van der Waals surface area contributed by atoms with Gasteiger partial charge in [-0.1, -0.05) is 30.3 Å². The molecule has 3 rings (SSSR count). The van der Waals surface area contributed by atoms with Crippen molar-refractivity contribution in [2.24, 2.45) is 0 Å². The molecule has 0 spiro atoms. The quantitative estimate of drug-likeness (QED) is 0.756. The molecule has 0 aliphatic carbocycles. The van der Waals surface area contributed by atoms with E-state index in [0.29, 0.717) is 13.0 Å². The molecule has 2 aromatic heterocycles. The third-order valence-electron chi connectivity index (χ3n) is 3.43. The van der Waals surface area contributed by atoms with Gasteiger partial charge in [-0.2, -0.15) is 0 Å². The summed E-state index contributed by atoms with van der Waals surface area (Å²) < 4.78 is 0. The molecule has 3 aromatic rings. The Morgan fingerprint density at radius 3 is 2.65 bits per heavy atom. The van der Waals surface area contributed by atoms with Crippen molar-refractivity contribution >= 4 is 17.2 Å². The summed E-state index contributed by atoms with van der Waals surface area (Å²) in [5.41, 5.74) is 3.11. The molecular weight excluding hydrogens is 306 g/mol. The maximum absolute atomic E-state index is 11.9. The number of hydrogen-bond donors (Lipinski definition) is 1. The zero-order valence-corrected chi connectivity index (χ0v) is 13.4. The van der Waals surface area contributed by atoms with E-state index in [9.17, 15) is 4.79 Å². The summed E-state index contributed by atoms with van der Waals surface area (Å²) in [6, 6.07) is 13.9. The summed E-state index contributed by atoms with van der Waals surface area (Å²) in [6.45, 7) is 0.467. The van der Waals surface area contributed by atoms with Crippen LogP contribution < -0.4 is 5.32 Å². The van der Waals surface area contributed by atoms with Crippen molar-refractivity contribution < 1.29 is 4.79 Å². The summed E-state index contributed by atoms with van der Waals surface area (Å²) in [5, 5.41) is 5.85. The second-order valence-corrected chi connectivity index (χ2v) is 6.00. The fourth-order valence-electron chi connectivity index (χ4n) is 2.20. The van der Waals surface area contributed by atoms with Crippen molar-refractivity contribution in [1.82, 2.24) is 15.3 Å². The van der Waals surface area contributed by atoms with Gasteiger partial charge in [0.2, 0.25) is 5.91 Å². The number of benzene rings is 1. The molecule has 0 fully saturated rings. The molecule has 5 heteroatoms. The first kappa shape index (κ1) is 15.4. The summed E-state index contributed by atoms with van der Waals surface area (Å²) in [7, 11) is 0. The molecule has 2 heterocycles. The minimum Gasteiger partial charge on any atom is -0.350 e. The monoisotopic (exact) mass is 323 g/mol. The Hall–Kier alpha value is -2.53. The number of nitrogens with zero attached hydrogens (tertiary/aromatic N) is 2. The lowest BCUT2D eigenvalue weighted by molar-refractivity contribution is -0.121. The molecule has 0 unspecified atom stereocenters. The van der Waals surface area contributed by atoms with Crippen molar-refractivity contribution in [3.63, 3.8) is 0 Å². The number of aromatic nitrogens is 2. The van der Waals surface area contributed by atoms with E-state index in [4.69, 9.17) is 0 Å². The van der Waals surface area contributed by atoms with Gasteiger partial charge in [-0.25, -0.2) is 4.98 Å². The predicted molar refractivity (Wildman–Crippen MR) is 92.0 cm³/mol. The normalized spacial score (nSPS) is 10.4. The number of hydrogen-bond acceptors (Lipinski definition) is 4. The van der Waals surface area contributed by atoms with E-state index in [1.807, 2.05) is 47.8 Å². The van der Waals surface area contributed by atoms with Crippen LogP contribution in [-0.4, -0.2) is 15.9 Å². The lowest BCUT2D eigenvalue weighted by Crippen LogP contribution is -2.23. The summed E-state index contributed by atoms with van der Waals surface area (Å²) in [6.07, 6.45) is 4.75. The maximum Gasteiger partial charge on any atom is 0.220 e. The van der Waals surface area contributed by atoms with E-state index in [2.05, 4.69) is 15.3 Å². The van der Waals surface area contributed by atoms with Crippen LogP contribution in [0.3, 0.4) is 0 Å². The number of thiazole rings is 1. The lowest BCUT2D eigenvalue weighted by Gasteiger charge is -2.03. The Balaban J connectivity index is 1.49. The van der Waals surface area contributed by atoms with E-state index in [0.717, 1.165) is 22.7 Å². The van der Waals surface area contributed by atoms with Crippen LogP contribution in [0, 0.1) is 0 Å². The van der Waals surface area contributed by atoms with E-state index in [1.165, 1.54) is 5.56 Å². The zero-order valence-electron chi connectivity index (χ0n) is 12.6. The highest BCUT2D eigenvalue weighted by molar-refractivity contribution is 7.13. The van der Waals surface area contributed by atoms with Crippen molar-refractivity contribution in [2.45, 2.75) is 19.4 Å². The van der Waals surface area contributed by atoms with Gasteiger partial charge in [-0.05, 0) is 24.1 Å². The Labute approximate surface area is 139 Å². The van der Waals surface area contributed by atoms with Gasteiger partial charge in [0.05, 0.1) is 12.2 Å². The van der Waals surface area contributed by atoms with Crippen LogP contribution in [0.1, 0.15) is 17.7 Å². The molecule has 0 bridgehead atoms. The van der Waals surface area contributed by atoms with Gasteiger partial charge in [0.25, 0.3) is 0 Å². The summed E-state index contributed by atoms with van der Waals surface area (Å²) in [4.78, 5) is 20.5. The second kappa shape index (κ2) is 7.65. The molecule has 4 nitrogen and oxygen atoms in total. The molecule has 0 atom stereocenters. The van der Waals surface area contributed by atoms with Gasteiger partial charge < -0.3 is 5.32 Å². The van der Waals surface area contributed by atoms with Gasteiger partial charge in [-0.3, -0.25) is 9.78 Å². The van der Waals surface area contributed by atoms with E-state index in [1.54, 1.807) is 23.7 Å². The molecular formula is C18H17N3OS. The Kier molecular flexibility index (Phi) is 5.11. The lowest BCUT2D eigenvalue weighted by atomic mass is 10.1. The number of amides is 1. The van der Waals surface area contributed by atoms with Gasteiger partial charge in [0.1, 0.15) is 5.01 Å². The molecule has 23 heavy (non-hydrogen) atoms. The third kappa shape index (κ3) is 4.47. The second-order valence-electron chi connectivity index (χ2n) is 5.14. The molecule has 0 aliphatic heterocycles. The van der Waals surface area contributed by atoms with Crippen LogP contribution in [0.15, 0.2) is 60.2 Å². The average Bonchev–Trinajstić information content (AvgIpc) is 3.09. The first-order chi connectivity index (χ1) is 11.3. The number of carbonyl (C=O) groups excluding carboxylic acids is 1. The molecule has 116 valence electrons. The van der Waals surface area contributed by atoms with Gasteiger partial charge in [-0.15, -0.1) is 11.3 Å². The smallest absolute Gasteiger partial charge is 0.220 e. The van der Waals surface area contributed by atoms with Crippen LogP contribution in [-0.2, 0) is 17.8 Å². The van der Waals surface area contributed by atoms with Crippen LogP contribution in [0.2, 0.25) is 0 Å². The molecule has 1 N–H and O–H groups in total. The van der Waals surface area contributed by atoms with Crippen LogP contribution in [0.25, 0.3) is 10.6 Å². The van der Waals surface area contributed by atoms with Gasteiger partial charge in [0.15, 0.2) is 0 Å². The highest BCUT2D eigenvalue weighted by Crippen LogP contribution is 2.22. The molecule has 0 saturated carbocycles. The van der Waals surface area contributed by atoms with Gasteiger partial charge in [0, 0.05) is 29.8 Å². The topological polar surface area (TPSA) is 54.9 Å². The number of aryl methyl sites for hydroxylation is 1. The number of nitrogens with one attached hydrogen (secondary N) is 1. The van der Waals surface area contributed by atoms with Crippen molar-refractivity contribution in [3.05, 3.63) is 71.5 Å². The first-order valence-electron chi connectivity index (χ1n) is 7.47. The molecule has 1 amide bonds. The summed E-state index contributed by atoms with van der Waals surface area (Å²) in [5.74, 6) is 0.0484. The number of rotatable bonds is 6. The highest BCUT2D eigenvalue weighted by Gasteiger charge is 2.06. The van der Waals surface area contributed by atoms with Crippen LogP contribution in [0.5, 0.6) is 0 Å². The fourth-order valence-corrected chi connectivity index (χ4v) is 3.02. The number of carbonyl (C=O) groups is 1. The van der Waals surface area contributed by atoms with Crippen molar-refractivity contribution in [1.29, 1.82) is 0 Å². The Morgan fingerprint density at radius 1 is 1.09 bits per heavy atom. The van der Waals surface area contributed by atoms with E-state index < -0.39 is 0 Å². The largest absolute Gasteiger partial charge is 0.350 e. The molecule has 0 saturated heterocycles. The molecule has 1 aromatic carbocycles. The zero-order chi connectivity index (χ0) is 15.9. The summed E-state index contributed by atoms with van der Waals surface area (Å²) >= 11 is 1.57. The first-order valence-corrected chi connectivity index (χ1v) is 8.34. The third-order valence-corrected chi connectivity index (χ3v) is 4.37. The maximum atomic E-state index is 11.9. The van der Waals surface area contributed by atoms with Crippen LogP contribution >= 0.6 is 11.3 Å². The van der Waals surface area contributed by atoms with Crippen molar-refractivity contribution in [3.8, 4) is 10.6 Å². The van der Waals surface area contributed by atoms with E-state index in [-0.39, 0.29) is 5.91 Å². The average molecular weight is 323 g/mol. The fraction of sp³-hybridized carbons (Fsp3) is 0.167. The van der Waals surface area contributed by atoms with E-state index >= 15 is 0 Å². The minimum absolute atomic E-state index is 0.0484. The minimum atomic E-state index is 0.0484. The number of pyridine rings is 1. The Bertz CT molecular complexity index is 756. The SMILES string of the molecule is O=C(CCc1ccccc1)NCc1csc(-c2ccncc2)n1. The predicted octanol–water partition coefficient (Wildman–Crippen LogP) is 3.45. The van der Waals surface area contributed by atoms with Crippen molar-refractivity contribution in [2.75, 3.05) is 0 Å². The standard InChI is InChI=1S/C18H17N3OS/c22-17(7-6-14-4-2-1-3-5-14)20-12-16-13-23-18(21-16)15-8-10-19-11-9-15/h1-5,8-11,13H,6-7,12H2,(H,20,22). The van der Waals surface area contributed by atoms with Crippen LogP contribution in [0.4, 0.5) is 0 Å². The Morgan fingerprint density at radius 2 is 1.87 bits per heavy atom.